The Morgan fingerprint density at radius 1 is 1.47 bits per heavy atom. The highest BCUT2D eigenvalue weighted by Gasteiger charge is 2.31. The van der Waals surface area contributed by atoms with Crippen molar-refractivity contribution in [3.63, 3.8) is 0 Å². The van der Waals surface area contributed by atoms with Crippen LogP contribution in [-0.4, -0.2) is 4.98 Å². The zero-order valence-electron chi connectivity index (χ0n) is 10.6. The van der Waals surface area contributed by atoms with Gasteiger partial charge in [-0.1, -0.05) is 38.7 Å². The third kappa shape index (κ3) is 2.85. The van der Waals surface area contributed by atoms with Gasteiger partial charge in [-0.2, -0.15) is 0 Å². The molecule has 1 fully saturated rings. The molecule has 1 aromatic rings. The fourth-order valence-corrected chi connectivity index (χ4v) is 3.21. The molecule has 1 saturated carbocycles. The minimum atomic E-state index is 0.258. The number of rotatable bonds is 4. The van der Waals surface area contributed by atoms with Crippen LogP contribution in [0.4, 0.5) is 0 Å². The third-order valence-electron chi connectivity index (χ3n) is 4.14. The summed E-state index contributed by atoms with van der Waals surface area (Å²) in [6.07, 6.45) is 10.3. The van der Waals surface area contributed by atoms with Crippen LogP contribution < -0.4 is 11.3 Å². The number of nitrogens with zero attached hydrogens (tertiary/aromatic N) is 1. The van der Waals surface area contributed by atoms with Gasteiger partial charge in [0.15, 0.2) is 0 Å². The molecule has 1 aliphatic carbocycles. The molecule has 0 aliphatic heterocycles. The van der Waals surface area contributed by atoms with Crippen LogP contribution >= 0.6 is 0 Å². The third-order valence-corrected chi connectivity index (χ3v) is 4.14. The Kier molecular flexibility index (Phi) is 4.51. The normalized spacial score (nSPS) is 26.7. The van der Waals surface area contributed by atoms with Crippen molar-refractivity contribution in [3.05, 3.63) is 30.1 Å². The second-order valence-electron chi connectivity index (χ2n) is 5.05. The van der Waals surface area contributed by atoms with Crippen molar-refractivity contribution in [2.45, 2.75) is 45.1 Å². The van der Waals surface area contributed by atoms with Crippen molar-refractivity contribution in [2.75, 3.05) is 0 Å². The number of nitrogens with two attached hydrogens (primary N) is 1. The molecule has 0 aromatic carbocycles. The van der Waals surface area contributed by atoms with Gasteiger partial charge < -0.3 is 0 Å². The van der Waals surface area contributed by atoms with E-state index >= 15 is 0 Å². The van der Waals surface area contributed by atoms with E-state index in [9.17, 15) is 0 Å². The number of pyridine rings is 1. The lowest BCUT2D eigenvalue weighted by Crippen LogP contribution is -2.38. The summed E-state index contributed by atoms with van der Waals surface area (Å²) in [7, 11) is 0. The molecule has 1 heterocycles. The molecule has 94 valence electrons. The van der Waals surface area contributed by atoms with Gasteiger partial charge in [0.25, 0.3) is 0 Å². The van der Waals surface area contributed by atoms with Crippen LogP contribution in [0.1, 0.15) is 50.6 Å². The van der Waals surface area contributed by atoms with Gasteiger partial charge in [0.05, 0.1) is 6.04 Å². The lowest BCUT2D eigenvalue weighted by atomic mass is 9.73. The van der Waals surface area contributed by atoms with E-state index in [0.29, 0.717) is 5.92 Å². The van der Waals surface area contributed by atoms with Crippen molar-refractivity contribution >= 4 is 0 Å². The Bertz CT molecular complexity index is 325. The average Bonchev–Trinajstić information content (AvgIpc) is 2.41. The maximum absolute atomic E-state index is 5.77. The Labute approximate surface area is 104 Å². The second kappa shape index (κ2) is 6.12. The lowest BCUT2D eigenvalue weighted by molar-refractivity contribution is 0.176. The summed E-state index contributed by atoms with van der Waals surface area (Å²) in [5.74, 6) is 7.23. The van der Waals surface area contributed by atoms with Crippen molar-refractivity contribution in [1.82, 2.24) is 10.4 Å². The van der Waals surface area contributed by atoms with E-state index in [4.69, 9.17) is 5.84 Å². The van der Waals surface area contributed by atoms with Gasteiger partial charge in [-0.05, 0) is 29.9 Å². The SMILES string of the molecule is CCC1CCCCC1C(NN)c1cccnc1. The van der Waals surface area contributed by atoms with Crippen LogP contribution in [-0.2, 0) is 0 Å². The molecule has 0 amide bonds. The van der Waals surface area contributed by atoms with Gasteiger partial charge in [0.2, 0.25) is 0 Å². The Hall–Kier alpha value is -0.930. The first-order chi connectivity index (χ1) is 8.36. The van der Waals surface area contributed by atoms with E-state index in [0.717, 1.165) is 5.92 Å². The number of hydrogen-bond donors (Lipinski definition) is 2. The summed E-state index contributed by atoms with van der Waals surface area (Å²) in [5.41, 5.74) is 4.23. The number of hydrogen-bond acceptors (Lipinski definition) is 3. The molecular weight excluding hydrogens is 210 g/mol. The highest BCUT2D eigenvalue weighted by Crippen LogP contribution is 2.39. The van der Waals surface area contributed by atoms with E-state index in [2.05, 4.69) is 23.4 Å². The van der Waals surface area contributed by atoms with Gasteiger partial charge in [-0.25, -0.2) is 0 Å². The molecule has 3 heteroatoms. The van der Waals surface area contributed by atoms with Gasteiger partial charge in [-0.3, -0.25) is 16.3 Å². The van der Waals surface area contributed by atoms with Gasteiger partial charge in [0, 0.05) is 12.4 Å². The summed E-state index contributed by atoms with van der Waals surface area (Å²) in [6.45, 7) is 2.29. The van der Waals surface area contributed by atoms with E-state index in [1.165, 1.54) is 37.7 Å². The first-order valence-electron chi connectivity index (χ1n) is 6.72. The largest absolute Gasteiger partial charge is 0.271 e. The molecule has 0 spiro atoms. The van der Waals surface area contributed by atoms with Crippen LogP contribution in [0.25, 0.3) is 0 Å². The highest BCUT2D eigenvalue weighted by atomic mass is 15.2. The van der Waals surface area contributed by atoms with Crippen LogP contribution in [0.3, 0.4) is 0 Å². The van der Waals surface area contributed by atoms with Gasteiger partial charge >= 0.3 is 0 Å². The maximum Gasteiger partial charge on any atom is 0.0506 e. The molecule has 3 nitrogen and oxygen atoms in total. The molecule has 3 N–H and O–H groups in total. The predicted molar refractivity (Wildman–Crippen MR) is 70.0 cm³/mol. The molecule has 0 saturated heterocycles. The molecule has 1 aromatic heterocycles. The molecule has 0 bridgehead atoms. The number of hydrazine groups is 1. The first-order valence-corrected chi connectivity index (χ1v) is 6.72. The summed E-state index contributed by atoms with van der Waals surface area (Å²) >= 11 is 0. The monoisotopic (exact) mass is 233 g/mol. The standard InChI is InChI=1S/C14H23N3/c1-2-11-6-3-4-8-13(11)14(17-15)12-7-5-9-16-10-12/h5,7,9-11,13-14,17H,2-4,6,8,15H2,1H3. The molecule has 17 heavy (non-hydrogen) atoms. The summed E-state index contributed by atoms with van der Waals surface area (Å²) in [6, 6.07) is 4.37. The topological polar surface area (TPSA) is 50.9 Å². The number of aromatic nitrogens is 1. The average molecular weight is 233 g/mol. The number of nitrogens with one attached hydrogen (secondary N) is 1. The van der Waals surface area contributed by atoms with Gasteiger partial charge in [-0.15, -0.1) is 0 Å². The van der Waals surface area contributed by atoms with Gasteiger partial charge in [0.1, 0.15) is 0 Å². The van der Waals surface area contributed by atoms with Crippen LogP contribution in [0.2, 0.25) is 0 Å². The van der Waals surface area contributed by atoms with Crippen LogP contribution in [0.5, 0.6) is 0 Å². The fourth-order valence-electron chi connectivity index (χ4n) is 3.21. The Morgan fingerprint density at radius 3 is 2.94 bits per heavy atom. The molecular formula is C14H23N3. The predicted octanol–water partition coefficient (Wildman–Crippen LogP) is 2.80. The quantitative estimate of drug-likeness (QED) is 0.621. The van der Waals surface area contributed by atoms with E-state index in [-0.39, 0.29) is 6.04 Å². The first kappa shape index (κ1) is 12.5. The molecule has 3 atom stereocenters. The molecule has 1 aliphatic rings. The van der Waals surface area contributed by atoms with E-state index in [1.54, 1.807) is 0 Å². The highest BCUT2D eigenvalue weighted by molar-refractivity contribution is 5.15. The second-order valence-corrected chi connectivity index (χ2v) is 5.05. The minimum Gasteiger partial charge on any atom is -0.271 e. The molecule has 0 radical (unpaired) electrons. The summed E-state index contributed by atoms with van der Waals surface area (Å²) in [4.78, 5) is 4.20. The molecule has 3 unspecified atom stereocenters. The molecule has 2 rings (SSSR count). The van der Waals surface area contributed by atoms with E-state index < -0.39 is 0 Å². The van der Waals surface area contributed by atoms with Crippen LogP contribution in [0, 0.1) is 11.8 Å². The minimum absolute atomic E-state index is 0.258. The maximum atomic E-state index is 5.77. The lowest BCUT2D eigenvalue weighted by Gasteiger charge is -2.36. The zero-order valence-corrected chi connectivity index (χ0v) is 10.6. The van der Waals surface area contributed by atoms with Crippen molar-refractivity contribution in [2.24, 2.45) is 17.7 Å². The van der Waals surface area contributed by atoms with Crippen molar-refractivity contribution in [1.29, 1.82) is 0 Å². The van der Waals surface area contributed by atoms with Crippen molar-refractivity contribution < 1.29 is 0 Å². The zero-order chi connectivity index (χ0) is 12.1. The van der Waals surface area contributed by atoms with E-state index in [1.807, 2.05) is 18.5 Å². The summed E-state index contributed by atoms with van der Waals surface area (Å²) < 4.78 is 0. The smallest absolute Gasteiger partial charge is 0.0506 e. The Balaban J connectivity index is 2.16. The fraction of sp³-hybridized carbons (Fsp3) is 0.643. The Morgan fingerprint density at radius 2 is 2.29 bits per heavy atom. The summed E-state index contributed by atoms with van der Waals surface area (Å²) in [5, 5.41) is 0. The van der Waals surface area contributed by atoms with Crippen molar-refractivity contribution in [3.8, 4) is 0 Å². The van der Waals surface area contributed by atoms with Crippen LogP contribution in [0.15, 0.2) is 24.5 Å².